The minimum atomic E-state index is 0.294. The second-order valence-electron chi connectivity index (χ2n) is 13.0. The minimum Gasteiger partial charge on any atom is -0.309 e. The third-order valence-corrected chi connectivity index (χ3v) is 10.1. The summed E-state index contributed by atoms with van der Waals surface area (Å²) in [5, 5.41) is 10.1. The van der Waals surface area contributed by atoms with Gasteiger partial charge in [0.05, 0.1) is 11.4 Å². The molecule has 9 aromatic carbocycles. The predicted octanol–water partition coefficient (Wildman–Crippen LogP) is 13.6. The van der Waals surface area contributed by atoms with Crippen LogP contribution in [0.2, 0.25) is 0 Å². The van der Waals surface area contributed by atoms with Gasteiger partial charge in [-0.1, -0.05) is 159 Å². The van der Waals surface area contributed by atoms with Gasteiger partial charge in [-0.25, -0.2) is 0 Å². The molecule has 0 fully saturated rings. The van der Waals surface area contributed by atoms with E-state index in [4.69, 9.17) is 0 Å². The van der Waals surface area contributed by atoms with E-state index in [9.17, 15) is 0 Å². The zero-order valence-corrected chi connectivity index (χ0v) is 27.4. The highest BCUT2D eigenvalue weighted by atomic mass is 15.1. The van der Waals surface area contributed by atoms with Crippen LogP contribution in [-0.4, -0.2) is 0 Å². The number of hydrogen-bond donors (Lipinski definition) is 0. The first kappa shape index (κ1) is 29.0. The van der Waals surface area contributed by atoms with E-state index in [1.165, 1.54) is 76.7 Å². The minimum absolute atomic E-state index is 0.294. The number of anilines is 3. The Labute approximate surface area is 287 Å². The van der Waals surface area contributed by atoms with Gasteiger partial charge in [0.1, 0.15) is 0 Å². The summed E-state index contributed by atoms with van der Waals surface area (Å²) in [6, 6.07) is 68.7. The van der Waals surface area contributed by atoms with Crippen molar-refractivity contribution in [2.24, 2.45) is 0 Å². The first-order valence-electron chi connectivity index (χ1n) is 17.1. The average Bonchev–Trinajstić information content (AvgIpc) is 3.17. The Morgan fingerprint density at radius 2 is 0.796 bits per heavy atom. The van der Waals surface area contributed by atoms with Crippen LogP contribution >= 0.6 is 0 Å². The van der Waals surface area contributed by atoms with Crippen molar-refractivity contribution in [1.82, 2.24) is 0 Å². The molecule has 1 atom stereocenters. The summed E-state index contributed by atoms with van der Waals surface area (Å²) in [5.74, 6) is 0.294. The number of rotatable bonds is 6. The van der Waals surface area contributed by atoms with Crippen LogP contribution < -0.4 is 4.90 Å². The van der Waals surface area contributed by atoms with E-state index in [2.05, 4.69) is 200 Å². The standard InChI is InChI=1S/C48H35N/c1-33(39-24-25-42-31-40-12-2-3-13-41(40)32-43(42)30-39)34-20-22-35(23-21-34)36-26-28-44(29-27-36)49(47-18-8-14-37-10-4-6-16-45(37)47)48-19-9-15-38-11-5-7-17-46(38)48/h2-33H,1H3. The van der Waals surface area contributed by atoms with Gasteiger partial charge in [-0.2, -0.15) is 0 Å². The predicted molar refractivity (Wildman–Crippen MR) is 211 cm³/mol. The molecular formula is C48H35N. The van der Waals surface area contributed by atoms with Crippen LogP contribution in [0.4, 0.5) is 17.1 Å². The van der Waals surface area contributed by atoms with Crippen LogP contribution in [0.1, 0.15) is 24.0 Å². The van der Waals surface area contributed by atoms with E-state index in [1.807, 2.05) is 0 Å². The van der Waals surface area contributed by atoms with Gasteiger partial charge >= 0.3 is 0 Å². The van der Waals surface area contributed by atoms with Crippen LogP contribution in [0.3, 0.4) is 0 Å². The van der Waals surface area contributed by atoms with Crippen LogP contribution in [-0.2, 0) is 0 Å². The number of hydrogen-bond acceptors (Lipinski definition) is 1. The molecule has 1 heteroatoms. The normalized spacial score (nSPS) is 12.1. The van der Waals surface area contributed by atoms with E-state index < -0.39 is 0 Å². The van der Waals surface area contributed by atoms with Gasteiger partial charge in [0.25, 0.3) is 0 Å². The van der Waals surface area contributed by atoms with Gasteiger partial charge in [-0.05, 0) is 91.0 Å². The van der Waals surface area contributed by atoms with Crippen LogP contribution in [0.5, 0.6) is 0 Å². The van der Waals surface area contributed by atoms with Gasteiger partial charge in [-0.3, -0.25) is 0 Å². The maximum Gasteiger partial charge on any atom is 0.0540 e. The molecule has 9 rings (SSSR count). The highest BCUT2D eigenvalue weighted by molar-refractivity contribution is 6.05. The summed E-state index contributed by atoms with van der Waals surface area (Å²) in [7, 11) is 0. The summed E-state index contributed by atoms with van der Waals surface area (Å²) in [5.41, 5.74) is 8.54. The Hall–Kier alpha value is -6.18. The third-order valence-electron chi connectivity index (χ3n) is 10.1. The molecule has 0 aromatic heterocycles. The molecule has 0 aliphatic rings. The molecule has 0 radical (unpaired) electrons. The molecule has 1 nitrogen and oxygen atoms in total. The SMILES string of the molecule is CC(c1ccc(-c2ccc(N(c3cccc4ccccc34)c3cccc4ccccc34)cc2)cc1)c1ccc2cc3ccccc3cc2c1. The molecule has 0 N–H and O–H groups in total. The molecule has 9 aromatic rings. The zero-order valence-electron chi connectivity index (χ0n) is 27.4. The Kier molecular flexibility index (Phi) is 7.17. The van der Waals surface area contributed by atoms with Crippen molar-refractivity contribution in [3.05, 3.63) is 199 Å². The highest BCUT2D eigenvalue weighted by Crippen LogP contribution is 2.42. The molecule has 0 bridgehead atoms. The molecule has 0 heterocycles. The Bertz CT molecular complexity index is 2520. The van der Waals surface area contributed by atoms with Crippen LogP contribution in [0.15, 0.2) is 188 Å². The number of nitrogens with zero attached hydrogens (tertiary/aromatic N) is 1. The molecule has 232 valence electrons. The summed E-state index contributed by atoms with van der Waals surface area (Å²) in [6.07, 6.45) is 0. The first-order chi connectivity index (χ1) is 24.2. The maximum atomic E-state index is 2.41. The van der Waals surface area contributed by atoms with Crippen LogP contribution in [0.25, 0.3) is 54.2 Å². The van der Waals surface area contributed by atoms with E-state index in [1.54, 1.807) is 0 Å². The van der Waals surface area contributed by atoms with Gasteiger partial charge in [0, 0.05) is 22.4 Å². The smallest absolute Gasteiger partial charge is 0.0540 e. The molecule has 0 aliphatic heterocycles. The monoisotopic (exact) mass is 625 g/mol. The van der Waals surface area contributed by atoms with E-state index >= 15 is 0 Å². The van der Waals surface area contributed by atoms with Crippen molar-refractivity contribution in [2.45, 2.75) is 12.8 Å². The van der Waals surface area contributed by atoms with Crippen molar-refractivity contribution in [2.75, 3.05) is 4.90 Å². The average molecular weight is 626 g/mol. The lowest BCUT2D eigenvalue weighted by atomic mass is 9.90. The highest BCUT2D eigenvalue weighted by Gasteiger charge is 2.18. The quantitative estimate of drug-likeness (QED) is 0.166. The summed E-state index contributed by atoms with van der Waals surface area (Å²) >= 11 is 0. The second kappa shape index (κ2) is 12.1. The van der Waals surface area contributed by atoms with Crippen molar-refractivity contribution >= 4 is 60.2 Å². The Morgan fingerprint density at radius 3 is 1.39 bits per heavy atom. The summed E-state index contributed by atoms with van der Waals surface area (Å²) in [4.78, 5) is 2.41. The van der Waals surface area contributed by atoms with E-state index in [-0.39, 0.29) is 0 Å². The van der Waals surface area contributed by atoms with Crippen LogP contribution in [0, 0.1) is 0 Å². The Balaban J connectivity index is 1.05. The van der Waals surface area contributed by atoms with Gasteiger partial charge in [-0.15, -0.1) is 0 Å². The largest absolute Gasteiger partial charge is 0.309 e. The maximum absolute atomic E-state index is 2.41. The Morgan fingerprint density at radius 1 is 0.347 bits per heavy atom. The number of benzene rings is 9. The van der Waals surface area contributed by atoms with E-state index in [0.717, 1.165) is 5.69 Å². The van der Waals surface area contributed by atoms with Crippen molar-refractivity contribution in [3.8, 4) is 11.1 Å². The molecular weight excluding hydrogens is 591 g/mol. The molecule has 0 saturated heterocycles. The summed E-state index contributed by atoms with van der Waals surface area (Å²) < 4.78 is 0. The third kappa shape index (κ3) is 5.30. The zero-order chi connectivity index (χ0) is 32.7. The van der Waals surface area contributed by atoms with Crippen molar-refractivity contribution in [1.29, 1.82) is 0 Å². The lowest BCUT2D eigenvalue weighted by Crippen LogP contribution is -2.11. The fraction of sp³-hybridized carbons (Fsp3) is 0.0417. The topological polar surface area (TPSA) is 3.24 Å². The fourth-order valence-corrected chi connectivity index (χ4v) is 7.40. The molecule has 49 heavy (non-hydrogen) atoms. The van der Waals surface area contributed by atoms with Gasteiger partial charge in [0.15, 0.2) is 0 Å². The van der Waals surface area contributed by atoms with Gasteiger partial charge < -0.3 is 4.90 Å². The molecule has 0 aliphatic carbocycles. The lowest BCUT2D eigenvalue weighted by Gasteiger charge is -2.28. The molecule has 0 saturated carbocycles. The second-order valence-corrected chi connectivity index (χ2v) is 13.0. The molecule has 1 unspecified atom stereocenters. The fourth-order valence-electron chi connectivity index (χ4n) is 7.40. The summed E-state index contributed by atoms with van der Waals surface area (Å²) in [6.45, 7) is 2.31. The van der Waals surface area contributed by atoms with Crippen molar-refractivity contribution in [3.63, 3.8) is 0 Å². The van der Waals surface area contributed by atoms with Gasteiger partial charge in [0.2, 0.25) is 0 Å². The lowest BCUT2D eigenvalue weighted by molar-refractivity contribution is 0.925. The van der Waals surface area contributed by atoms with Crippen molar-refractivity contribution < 1.29 is 0 Å². The van der Waals surface area contributed by atoms with E-state index in [0.29, 0.717) is 5.92 Å². The number of fused-ring (bicyclic) bond motifs is 4. The molecule has 0 amide bonds. The molecule has 0 spiro atoms. The first-order valence-corrected chi connectivity index (χ1v) is 17.1.